The van der Waals surface area contributed by atoms with Gasteiger partial charge in [0.25, 0.3) is 0 Å². The highest BCUT2D eigenvalue weighted by molar-refractivity contribution is 7.88. The van der Waals surface area contributed by atoms with E-state index in [0.717, 1.165) is 12.8 Å². The summed E-state index contributed by atoms with van der Waals surface area (Å²) in [4.78, 5) is 15.8. The summed E-state index contributed by atoms with van der Waals surface area (Å²) in [5.74, 6) is -0.0372. The third kappa shape index (κ3) is 2.49. The highest BCUT2D eigenvalue weighted by atomic mass is 32.2. The molecule has 0 aromatic carbocycles. The first-order chi connectivity index (χ1) is 9.47. The summed E-state index contributed by atoms with van der Waals surface area (Å²) in [6.07, 6.45) is 3.47. The Morgan fingerprint density at radius 3 is 2.95 bits per heavy atom. The molecule has 1 atom stereocenters. The molecule has 5 nitrogen and oxygen atoms in total. The lowest BCUT2D eigenvalue weighted by molar-refractivity contribution is -0.135. The van der Waals surface area contributed by atoms with Crippen molar-refractivity contribution in [2.75, 3.05) is 19.3 Å². The molecule has 0 N–H and O–H groups in total. The third-order valence-electron chi connectivity index (χ3n) is 4.03. The average molecular weight is 314 g/mol. The molecule has 20 heavy (non-hydrogen) atoms. The molecule has 1 aromatic rings. The summed E-state index contributed by atoms with van der Waals surface area (Å²) in [6, 6.07) is 1.56. The Morgan fingerprint density at radius 2 is 2.20 bits per heavy atom. The third-order valence-corrected chi connectivity index (χ3v) is 6.35. The highest BCUT2D eigenvalue weighted by Crippen LogP contribution is 2.27. The van der Waals surface area contributed by atoms with Gasteiger partial charge in [-0.1, -0.05) is 0 Å². The first-order valence-corrected chi connectivity index (χ1v) is 9.50. The quantitative estimate of drug-likeness (QED) is 0.820. The fraction of sp³-hybridized carbons (Fsp3) is 0.615. The minimum Gasteiger partial charge on any atom is -0.337 e. The lowest BCUT2D eigenvalue weighted by Crippen LogP contribution is -2.48. The van der Waals surface area contributed by atoms with Crippen molar-refractivity contribution in [3.05, 3.63) is 21.9 Å². The van der Waals surface area contributed by atoms with E-state index in [9.17, 15) is 13.2 Å². The minimum atomic E-state index is -3.30. The average Bonchev–Trinajstić information content (AvgIpc) is 3.05. The SMILES string of the molecule is CS(=O)(=O)N1CCCC1C(=O)N1CCc2sccc2C1. The molecular formula is C13H18N2O3S2. The number of nitrogens with zero attached hydrogens (tertiary/aromatic N) is 2. The molecule has 2 aliphatic rings. The Balaban J connectivity index is 1.77. The second kappa shape index (κ2) is 5.13. The Labute approximate surface area is 123 Å². The summed E-state index contributed by atoms with van der Waals surface area (Å²) in [6.45, 7) is 1.78. The summed E-state index contributed by atoms with van der Waals surface area (Å²) in [7, 11) is -3.30. The molecule has 3 rings (SSSR count). The van der Waals surface area contributed by atoms with E-state index in [-0.39, 0.29) is 5.91 Å². The lowest BCUT2D eigenvalue weighted by atomic mass is 10.1. The number of hydrogen-bond acceptors (Lipinski definition) is 4. The molecule has 1 unspecified atom stereocenters. The molecule has 0 radical (unpaired) electrons. The van der Waals surface area contributed by atoms with E-state index >= 15 is 0 Å². The second-order valence-electron chi connectivity index (χ2n) is 5.41. The van der Waals surface area contributed by atoms with E-state index in [4.69, 9.17) is 0 Å². The highest BCUT2D eigenvalue weighted by Gasteiger charge is 2.39. The second-order valence-corrected chi connectivity index (χ2v) is 8.35. The molecule has 0 aliphatic carbocycles. The summed E-state index contributed by atoms with van der Waals surface area (Å²) in [5.41, 5.74) is 1.21. The van der Waals surface area contributed by atoms with E-state index < -0.39 is 16.1 Å². The van der Waals surface area contributed by atoms with Gasteiger partial charge in [0.1, 0.15) is 6.04 Å². The Hall–Kier alpha value is -0.920. The molecule has 1 aromatic heterocycles. The summed E-state index contributed by atoms with van der Waals surface area (Å²) in [5, 5.41) is 2.05. The maximum atomic E-state index is 12.6. The molecule has 1 amide bonds. The maximum absolute atomic E-state index is 12.6. The predicted molar refractivity (Wildman–Crippen MR) is 78.0 cm³/mol. The van der Waals surface area contributed by atoms with Gasteiger partial charge in [-0.05, 0) is 36.3 Å². The van der Waals surface area contributed by atoms with Crippen molar-refractivity contribution in [2.45, 2.75) is 31.8 Å². The fourth-order valence-electron chi connectivity index (χ4n) is 3.03. The first kappa shape index (κ1) is 14.0. The molecule has 3 heterocycles. The van der Waals surface area contributed by atoms with Crippen molar-refractivity contribution >= 4 is 27.3 Å². The van der Waals surface area contributed by atoms with Gasteiger partial charge in [-0.25, -0.2) is 8.42 Å². The van der Waals surface area contributed by atoms with E-state index in [1.54, 1.807) is 11.3 Å². The van der Waals surface area contributed by atoms with Gasteiger partial charge in [0.05, 0.1) is 6.26 Å². The lowest BCUT2D eigenvalue weighted by Gasteiger charge is -2.31. The van der Waals surface area contributed by atoms with Crippen molar-refractivity contribution in [2.24, 2.45) is 0 Å². The predicted octanol–water partition coefficient (Wildman–Crippen LogP) is 1.06. The van der Waals surface area contributed by atoms with Gasteiger partial charge in [0, 0.05) is 24.5 Å². The smallest absolute Gasteiger partial charge is 0.241 e. The molecule has 0 saturated carbocycles. The number of carbonyl (C=O) groups is 1. The standard InChI is InChI=1S/C13H18N2O3S2/c1-20(17,18)15-6-2-3-11(15)13(16)14-7-4-12-10(9-14)5-8-19-12/h5,8,11H,2-4,6-7,9H2,1H3. The van der Waals surface area contributed by atoms with E-state index in [1.165, 1.54) is 21.0 Å². The van der Waals surface area contributed by atoms with Crippen molar-refractivity contribution in [1.29, 1.82) is 0 Å². The number of hydrogen-bond donors (Lipinski definition) is 0. The van der Waals surface area contributed by atoms with Gasteiger partial charge in [-0.2, -0.15) is 4.31 Å². The van der Waals surface area contributed by atoms with Gasteiger partial charge < -0.3 is 4.90 Å². The van der Waals surface area contributed by atoms with Crippen LogP contribution in [0.15, 0.2) is 11.4 Å². The molecule has 7 heteroatoms. The van der Waals surface area contributed by atoms with Crippen molar-refractivity contribution in [3.8, 4) is 0 Å². The molecule has 1 fully saturated rings. The van der Waals surface area contributed by atoms with Crippen LogP contribution in [-0.2, 0) is 27.8 Å². The van der Waals surface area contributed by atoms with Crippen LogP contribution < -0.4 is 0 Å². The summed E-state index contributed by atoms with van der Waals surface area (Å²) < 4.78 is 24.8. The molecule has 0 spiro atoms. The van der Waals surface area contributed by atoms with E-state index in [1.807, 2.05) is 4.90 Å². The zero-order chi connectivity index (χ0) is 14.3. The van der Waals surface area contributed by atoms with Gasteiger partial charge in [0.15, 0.2) is 0 Å². The molecule has 110 valence electrons. The van der Waals surface area contributed by atoms with E-state index in [2.05, 4.69) is 11.4 Å². The Kier molecular flexibility index (Phi) is 3.60. The largest absolute Gasteiger partial charge is 0.337 e. The van der Waals surface area contributed by atoms with Gasteiger partial charge in [-0.3, -0.25) is 4.79 Å². The number of amides is 1. The molecule has 2 aliphatic heterocycles. The number of rotatable bonds is 2. The number of fused-ring (bicyclic) bond motifs is 1. The zero-order valence-corrected chi connectivity index (χ0v) is 13.0. The maximum Gasteiger partial charge on any atom is 0.241 e. The molecule has 1 saturated heterocycles. The summed E-state index contributed by atoms with van der Waals surface area (Å²) >= 11 is 1.73. The van der Waals surface area contributed by atoms with Crippen LogP contribution in [0.3, 0.4) is 0 Å². The van der Waals surface area contributed by atoms with Gasteiger partial charge >= 0.3 is 0 Å². The number of thiophene rings is 1. The van der Waals surface area contributed by atoms with Crippen LogP contribution in [0.2, 0.25) is 0 Å². The minimum absolute atomic E-state index is 0.0372. The van der Waals surface area contributed by atoms with Gasteiger partial charge in [0.2, 0.25) is 15.9 Å². The zero-order valence-electron chi connectivity index (χ0n) is 11.4. The van der Waals surface area contributed by atoms with Crippen LogP contribution in [0.4, 0.5) is 0 Å². The van der Waals surface area contributed by atoms with Crippen LogP contribution in [0.5, 0.6) is 0 Å². The number of sulfonamides is 1. The molecule has 0 bridgehead atoms. The fourth-order valence-corrected chi connectivity index (χ4v) is 5.04. The normalized spacial score (nSPS) is 23.9. The van der Waals surface area contributed by atoms with Crippen molar-refractivity contribution < 1.29 is 13.2 Å². The van der Waals surface area contributed by atoms with E-state index in [0.29, 0.717) is 26.1 Å². The van der Waals surface area contributed by atoms with Crippen molar-refractivity contribution in [1.82, 2.24) is 9.21 Å². The Morgan fingerprint density at radius 1 is 1.40 bits per heavy atom. The van der Waals surface area contributed by atoms with Crippen LogP contribution >= 0.6 is 11.3 Å². The Bertz CT molecular complexity index is 623. The van der Waals surface area contributed by atoms with Crippen LogP contribution in [0, 0.1) is 0 Å². The topological polar surface area (TPSA) is 57.7 Å². The monoisotopic (exact) mass is 314 g/mol. The van der Waals surface area contributed by atoms with Crippen LogP contribution in [-0.4, -0.2) is 48.9 Å². The van der Waals surface area contributed by atoms with Crippen LogP contribution in [0.25, 0.3) is 0 Å². The van der Waals surface area contributed by atoms with Crippen LogP contribution in [0.1, 0.15) is 23.3 Å². The van der Waals surface area contributed by atoms with Crippen molar-refractivity contribution in [3.63, 3.8) is 0 Å². The number of carbonyl (C=O) groups excluding carboxylic acids is 1. The molecular weight excluding hydrogens is 296 g/mol. The first-order valence-electron chi connectivity index (χ1n) is 6.77. The van der Waals surface area contributed by atoms with Gasteiger partial charge in [-0.15, -0.1) is 11.3 Å².